The van der Waals surface area contributed by atoms with Crippen molar-refractivity contribution in [2.24, 2.45) is 0 Å². The molecule has 0 spiro atoms. The first-order valence-electron chi connectivity index (χ1n) is 4.81. The Morgan fingerprint density at radius 3 is 2.29 bits per heavy atom. The van der Waals surface area contributed by atoms with Crippen LogP contribution < -0.4 is 0 Å². The fourth-order valence-corrected chi connectivity index (χ4v) is 1.86. The van der Waals surface area contributed by atoms with E-state index in [4.69, 9.17) is 5.11 Å². The van der Waals surface area contributed by atoms with E-state index in [1.54, 1.807) is 0 Å². The molecule has 0 saturated carbocycles. The van der Waals surface area contributed by atoms with Gasteiger partial charge in [-0.15, -0.1) is 11.8 Å². The topological polar surface area (TPSA) is 37.3 Å². The van der Waals surface area contributed by atoms with Crippen LogP contribution in [0.25, 0.3) is 0 Å². The molecule has 94 valence electrons. The second kappa shape index (κ2) is 5.44. The smallest absolute Gasteiger partial charge is 0.416 e. The van der Waals surface area contributed by atoms with Crippen molar-refractivity contribution in [2.45, 2.75) is 24.1 Å². The lowest BCUT2D eigenvalue weighted by molar-refractivity contribution is -0.138. The standard InChI is InChI=1S/C11H11F3O2S/c1-7(10(15)16)17-6-8-2-4-9(5-3-8)11(12,13)14/h2-5,7H,6H2,1H3,(H,15,16). The first-order valence-corrected chi connectivity index (χ1v) is 5.86. The van der Waals surface area contributed by atoms with Gasteiger partial charge in [0.15, 0.2) is 0 Å². The highest BCUT2D eigenvalue weighted by molar-refractivity contribution is 7.99. The largest absolute Gasteiger partial charge is 0.480 e. The fourth-order valence-electron chi connectivity index (χ4n) is 1.08. The first kappa shape index (κ1) is 13.9. The van der Waals surface area contributed by atoms with E-state index in [-0.39, 0.29) is 0 Å². The Morgan fingerprint density at radius 1 is 1.35 bits per heavy atom. The van der Waals surface area contributed by atoms with Crippen LogP contribution in [0.1, 0.15) is 18.1 Å². The average molecular weight is 264 g/mol. The van der Waals surface area contributed by atoms with Gasteiger partial charge in [0.25, 0.3) is 0 Å². The van der Waals surface area contributed by atoms with E-state index in [9.17, 15) is 18.0 Å². The van der Waals surface area contributed by atoms with Gasteiger partial charge in [-0.1, -0.05) is 12.1 Å². The zero-order valence-electron chi connectivity index (χ0n) is 8.99. The molecule has 17 heavy (non-hydrogen) atoms. The highest BCUT2D eigenvalue weighted by Gasteiger charge is 2.29. The van der Waals surface area contributed by atoms with Crippen LogP contribution in [0.15, 0.2) is 24.3 Å². The third-order valence-corrected chi connectivity index (χ3v) is 3.33. The zero-order chi connectivity index (χ0) is 13.1. The van der Waals surface area contributed by atoms with Crippen LogP contribution in [0.4, 0.5) is 13.2 Å². The van der Waals surface area contributed by atoms with Crippen LogP contribution in [-0.2, 0) is 16.7 Å². The van der Waals surface area contributed by atoms with Gasteiger partial charge in [-0.2, -0.15) is 13.2 Å². The molecule has 0 saturated heterocycles. The fraction of sp³-hybridized carbons (Fsp3) is 0.364. The number of thioether (sulfide) groups is 1. The van der Waals surface area contributed by atoms with Gasteiger partial charge in [-0.3, -0.25) is 4.79 Å². The maximum atomic E-state index is 12.3. The van der Waals surface area contributed by atoms with Crippen LogP contribution in [0.3, 0.4) is 0 Å². The summed E-state index contributed by atoms with van der Waals surface area (Å²) in [5, 5.41) is 8.07. The number of rotatable bonds is 4. The van der Waals surface area contributed by atoms with Gasteiger partial charge in [0.2, 0.25) is 0 Å². The molecule has 1 atom stereocenters. The molecule has 1 aromatic rings. The Kier molecular flexibility index (Phi) is 4.45. The molecule has 2 nitrogen and oxygen atoms in total. The van der Waals surface area contributed by atoms with Crippen molar-refractivity contribution in [2.75, 3.05) is 0 Å². The number of hydrogen-bond donors (Lipinski definition) is 1. The molecule has 0 aliphatic heterocycles. The van der Waals surface area contributed by atoms with Crippen molar-refractivity contribution in [3.63, 3.8) is 0 Å². The number of carboxylic acid groups (broad SMARTS) is 1. The summed E-state index contributed by atoms with van der Waals surface area (Å²) in [6.45, 7) is 1.54. The van der Waals surface area contributed by atoms with E-state index in [2.05, 4.69) is 0 Å². The molecule has 0 bridgehead atoms. The molecule has 0 heterocycles. The number of alkyl halides is 3. The number of carbonyl (C=O) groups is 1. The molecule has 6 heteroatoms. The minimum atomic E-state index is -4.33. The lowest BCUT2D eigenvalue weighted by Gasteiger charge is -2.08. The highest BCUT2D eigenvalue weighted by Crippen LogP contribution is 2.29. The third kappa shape index (κ3) is 4.30. The molecular formula is C11H11F3O2S. The van der Waals surface area contributed by atoms with Gasteiger partial charge in [0.1, 0.15) is 0 Å². The van der Waals surface area contributed by atoms with E-state index in [1.807, 2.05) is 0 Å². The van der Waals surface area contributed by atoms with E-state index in [0.717, 1.165) is 12.1 Å². The van der Waals surface area contributed by atoms with Crippen LogP contribution >= 0.6 is 11.8 Å². The second-order valence-electron chi connectivity index (χ2n) is 3.49. The number of hydrogen-bond acceptors (Lipinski definition) is 2. The number of halogens is 3. The van der Waals surface area contributed by atoms with Crippen molar-refractivity contribution in [1.82, 2.24) is 0 Å². The van der Waals surface area contributed by atoms with Gasteiger partial charge in [-0.25, -0.2) is 0 Å². The maximum absolute atomic E-state index is 12.3. The predicted molar refractivity (Wildman–Crippen MR) is 59.8 cm³/mol. The molecule has 1 rings (SSSR count). The van der Waals surface area contributed by atoms with Crippen LogP contribution in [0.5, 0.6) is 0 Å². The Balaban J connectivity index is 2.60. The summed E-state index contributed by atoms with van der Waals surface area (Å²) in [4.78, 5) is 10.5. The molecule has 0 fully saturated rings. The van der Waals surface area contributed by atoms with E-state index in [0.29, 0.717) is 11.3 Å². The second-order valence-corrected chi connectivity index (χ2v) is 4.82. The van der Waals surface area contributed by atoms with Crippen LogP contribution in [-0.4, -0.2) is 16.3 Å². The van der Waals surface area contributed by atoms with Crippen molar-refractivity contribution in [3.8, 4) is 0 Å². The Morgan fingerprint density at radius 2 is 1.88 bits per heavy atom. The molecule has 0 aliphatic rings. The monoisotopic (exact) mass is 264 g/mol. The molecule has 0 aliphatic carbocycles. The Labute approximate surface area is 101 Å². The van der Waals surface area contributed by atoms with Gasteiger partial charge >= 0.3 is 12.1 Å². The molecule has 1 aromatic carbocycles. The van der Waals surface area contributed by atoms with Gasteiger partial charge in [-0.05, 0) is 24.6 Å². The van der Waals surface area contributed by atoms with E-state index in [1.165, 1.54) is 30.8 Å². The number of carboxylic acids is 1. The summed E-state index contributed by atoms with van der Waals surface area (Å²) in [6.07, 6.45) is -4.33. The highest BCUT2D eigenvalue weighted by atomic mass is 32.2. The molecule has 0 amide bonds. The molecule has 1 unspecified atom stereocenters. The molecule has 0 aromatic heterocycles. The van der Waals surface area contributed by atoms with Gasteiger partial charge < -0.3 is 5.11 Å². The van der Waals surface area contributed by atoms with Gasteiger partial charge in [0.05, 0.1) is 10.8 Å². The zero-order valence-corrected chi connectivity index (χ0v) is 9.81. The maximum Gasteiger partial charge on any atom is 0.416 e. The Bertz CT molecular complexity index is 387. The first-order chi connectivity index (χ1) is 7.80. The van der Waals surface area contributed by atoms with Gasteiger partial charge in [0, 0.05) is 5.75 Å². The van der Waals surface area contributed by atoms with Crippen LogP contribution in [0, 0.1) is 0 Å². The van der Waals surface area contributed by atoms with E-state index < -0.39 is 23.0 Å². The summed E-state index contributed by atoms with van der Waals surface area (Å²) >= 11 is 1.17. The minimum Gasteiger partial charge on any atom is -0.480 e. The summed E-state index contributed by atoms with van der Waals surface area (Å²) < 4.78 is 36.8. The summed E-state index contributed by atoms with van der Waals surface area (Å²) in [7, 11) is 0. The lowest BCUT2D eigenvalue weighted by Crippen LogP contribution is -2.11. The molecule has 0 radical (unpaired) electrons. The average Bonchev–Trinajstić information content (AvgIpc) is 2.25. The summed E-state index contributed by atoms with van der Waals surface area (Å²) in [5.41, 5.74) is -0.0198. The summed E-state index contributed by atoms with van der Waals surface area (Å²) in [6, 6.07) is 4.73. The predicted octanol–water partition coefficient (Wildman–Crippen LogP) is 3.41. The third-order valence-electron chi connectivity index (χ3n) is 2.13. The molecular weight excluding hydrogens is 253 g/mol. The normalized spacial score (nSPS) is 13.4. The SMILES string of the molecule is CC(SCc1ccc(C(F)(F)F)cc1)C(=O)O. The van der Waals surface area contributed by atoms with Crippen molar-refractivity contribution in [3.05, 3.63) is 35.4 Å². The Hall–Kier alpha value is -1.17. The van der Waals surface area contributed by atoms with Crippen molar-refractivity contribution >= 4 is 17.7 Å². The van der Waals surface area contributed by atoms with E-state index >= 15 is 0 Å². The molecule has 1 N–H and O–H groups in total. The number of benzene rings is 1. The quantitative estimate of drug-likeness (QED) is 0.905. The minimum absolute atomic E-state index is 0.381. The summed E-state index contributed by atoms with van der Waals surface area (Å²) in [5.74, 6) is -0.548. The lowest BCUT2D eigenvalue weighted by atomic mass is 10.1. The number of aliphatic carboxylic acids is 1. The van der Waals surface area contributed by atoms with Crippen molar-refractivity contribution in [1.29, 1.82) is 0 Å². The van der Waals surface area contributed by atoms with Crippen LogP contribution in [0.2, 0.25) is 0 Å². The van der Waals surface area contributed by atoms with Crippen molar-refractivity contribution < 1.29 is 23.1 Å².